The van der Waals surface area contributed by atoms with Crippen molar-refractivity contribution in [2.24, 2.45) is 0 Å². The van der Waals surface area contributed by atoms with Gasteiger partial charge in [0, 0.05) is 13.1 Å². The molecule has 3 heterocycles. The van der Waals surface area contributed by atoms with Crippen LogP contribution in [0.2, 0.25) is 0 Å². The van der Waals surface area contributed by atoms with E-state index in [1.807, 2.05) is 50.8 Å². The zero-order valence-electron chi connectivity index (χ0n) is 17.3. The number of amides is 2. The number of nitrogens with zero attached hydrogens (tertiary/aromatic N) is 2. The van der Waals surface area contributed by atoms with E-state index in [0.717, 1.165) is 16.7 Å². The predicted molar refractivity (Wildman–Crippen MR) is 109 cm³/mol. The molecule has 1 fully saturated rings. The molecule has 152 valence electrons. The molecule has 1 saturated heterocycles. The summed E-state index contributed by atoms with van der Waals surface area (Å²) >= 11 is 0. The van der Waals surface area contributed by atoms with Crippen LogP contribution in [-0.4, -0.2) is 46.9 Å². The number of hydrogen-bond donors (Lipinski definition) is 0. The first-order chi connectivity index (χ1) is 13.8. The summed E-state index contributed by atoms with van der Waals surface area (Å²) in [5.74, 6) is 0.0217. The van der Waals surface area contributed by atoms with Crippen molar-refractivity contribution in [1.82, 2.24) is 9.80 Å². The SMILES string of the molecule is Cc1ccc(C2=C(N3CC(C)OC(C)C3)C(=O)N(Cc3ccco3)C2=O)cc1C. The summed E-state index contributed by atoms with van der Waals surface area (Å²) < 4.78 is 11.2. The van der Waals surface area contributed by atoms with Crippen LogP contribution in [0.25, 0.3) is 5.57 Å². The van der Waals surface area contributed by atoms with Crippen molar-refractivity contribution in [1.29, 1.82) is 0 Å². The number of morpholine rings is 1. The fraction of sp³-hybridized carbons (Fsp3) is 0.391. The summed E-state index contributed by atoms with van der Waals surface area (Å²) in [6, 6.07) is 9.43. The van der Waals surface area contributed by atoms with Crippen molar-refractivity contribution in [3.63, 3.8) is 0 Å². The van der Waals surface area contributed by atoms with Crippen molar-refractivity contribution >= 4 is 17.4 Å². The summed E-state index contributed by atoms with van der Waals surface area (Å²) in [4.78, 5) is 30.1. The smallest absolute Gasteiger partial charge is 0.278 e. The van der Waals surface area contributed by atoms with E-state index in [9.17, 15) is 9.59 Å². The summed E-state index contributed by atoms with van der Waals surface area (Å²) in [6.07, 6.45) is 1.51. The molecule has 0 N–H and O–H groups in total. The largest absolute Gasteiger partial charge is 0.467 e. The van der Waals surface area contributed by atoms with Crippen LogP contribution in [0, 0.1) is 13.8 Å². The highest BCUT2D eigenvalue weighted by Crippen LogP contribution is 2.34. The highest BCUT2D eigenvalue weighted by Gasteiger charge is 2.43. The van der Waals surface area contributed by atoms with Crippen molar-refractivity contribution in [3.8, 4) is 0 Å². The molecule has 0 aliphatic carbocycles. The van der Waals surface area contributed by atoms with Gasteiger partial charge in [-0.25, -0.2) is 0 Å². The van der Waals surface area contributed by atoms with E-state index in [-0.39, 0.29) is 30.6 Å². The number of hydrogen-bond acceptors (Lipinski definition) is 5. The van der Waals surface area contributed by atoms with Gasteiger partial charge in [-0.3, -0.25) is 14.5 Å². The summed E-state index contributed by atoms with van der Waals surface area (Å²) in [7, 11) is 0. The molecule has 2 amide bonds. The second-order valence-corrected chi connectivity index (χ2v) is 7.96. The molecule has 4 rings (SSSR count). The molecule has 1 aromatic heterocycles. The van der Waals surface area contributed by atoms with Crippen LogP contribution < -0.4 is 0 Å². The Hall–Kier alpha value is -2.86. The maximum Gasteiger partial charge on any atom is 0.278 e. The lowest BCUT2D eigenvalue weighted by atomic mass is 9.99. The molecule has 6 heteroatoms. The second kappa shape index (κ2) is 7.52. The molecule has 2 unspecified atom stereocenters. The van der Waals surface area contributed by atoms with Crippen LogP contribution in [-0.2, 0) is 20.9 Å². The molecule has 1 aromatic carbocycles. The minimum atomic E-state index is -0.281. The van der Waals surface area contributed by atoms with E-state index >= 15 is 0 Å². The summed E-state index contributed by atoms with van der Waals surface area (Å²) in [5, 5.41) is 0. The Kier molecular flexibility index (Phi) is 5.04. The fourth-order valence-corrected chi connectivity index (χ4v) is 4.08. The van der Waals surface area contributed by atoms with E-state index in [4.69, 9.17) is 9.15 Å². The number of aryl methyl sites for hydroxylation is 2. The monoisotopic (exact) mass is 394 g/mol. The maximum atomic E-state index is 13.4. The standard InChI is InChI=1S/C23H26N2O4/c1-14-7-8-18(10-15(14)2)20-21(24-11-16(3)29-17(4)12-24)23(27)25(22(20)26)13-19-6-5-9-28-19/h5-10,16-17H,11-13H2,1-4H3. The van der Waals surface area contributed by atoms with Gasteiger partial charge in [0.25, 0.3) is 11.8 Å². The van der Waals surface area contributed by atoms with Gasteiger partial charge in [-0.15, -0.1) is 0 Å². The second-order valence-electron chi connectivity index (χ2n) is 7.96. The molecule has 0 spiro atoms. The highest BCUT2D eigenvalue weighted by molar-refractivity contribution is 6.35. The number of imide groups is 1. The summed E-state index contributed by atoms with van der Waals surface area (Å²) in [5.41, 5.74) is 3.93. The van der Waals surface area contributed by atoms with Crippen LogP contribution >= 0.6 is 0 Å². The van der Waals surface area contributed by atoms with Crippen LogP contribution in [0.4, 0.5) is 0 Å². The van der Waals surface area contributed by atoms with Crippen molar-refractivity contribution in [2.45, 2.75) is 46.4 Å². The number of benzene rings is 1. The maximum absolute atomic E-state index is 13.4. The van der Waals surface area contributed by atoms with E-state index in [1.54, 1.807) is 18.4 Å². The van der Waals surface area contributed by atoms with Gasteiger partial charge in [-0.2, -0.15) is 0 Å². The topological polar surface area (TPSA) is 63.0 Å². The van der Waals surface area contributed by atoms with E-state index < -0.39 is 0 Å². The van der Waals surface area contributed by atoms with Gasteiger partial charge < -0.3 is 14.1 Å². The molecule has 2 aliphatic heterocycles. The zero-order valence-corrected chi connectivity index (χ0v) is 17.3. The first-order valence-electron chi connectivity index (χ1n) is 9.96. The normalized spacial score (nSPS) is 22.8. The van der Waals surface area contributed by atoms with Crippen molar-refractivity contribution < 1.29 is 18.7 Å². The molecule has 2 atom stereocenters. The van der Waals surface area contributed by atoms with Gasteiger partial charge in [0.1, 0.15) is 11.5 Å². The fourth-order valence-electron chi connectivity index (χ4n) is 4.08. The number of rotatable bonds is 4. The minimum absolute atomic E-state index is 0.0192. The number of carbonyl (C=O) groups excluding carboxylic acids is 2. The lowest BCUT2D eigenvalue weighted by Crippen LogP contribution is -2.46. The van der Waals surface area contributed by atoms with Gasteiger partial charge in [0.2, 0.25) is 0 Å². The van der Waals surface area contributed by atoms with Gasteiger partial charge in [-0.1, -0.05) is 18.2 Å². The van der Waals surface area contributed by atoms with E-state index in [2.05, 4.69) is 0 Å². The Labute approximate surface area is 170 Å². The average Bonchev–Trinajstić information content (AvgIpc) is 3.25. The summed E-state index contributed by atoms with van der Waals surface area (Å²) in [6.45, 7) is 9.28. The third-order valence-corrected chi connectivity index (χ3v) is 5.57. The van der Waals surface area contributed by atoms with Crippen LogP contribution in [0.15, 0.2) is 46.7 Å². The molecule has 0 saturated carbocycles. The highest BCUT2D eigenvalue weighted by atomic mass is 16.5. The Morgan fingerprint density at radius 2 is 1.72 bits per heavy atom. The van der Waals surface area contributed by atoms with Gasteiger partial charge >= 0.3 is 0 Å². The third-order valence-electron chi connectivity index (χ3n) is 5.57. The zero-order chi connectivity index (χ0) is 20.7. The van der Waals surface area contributed by atoms with Crippen molar-refractivity contribution in [3.05, 3.63) is 64.7 Å². The molecular formula is C23H26N2O4. The Balaban J connectivity index is 1.79. The number of furan rings is 1. The Morgan fingerprint density at radius 3 is 2.34 bits per heavy atom. The molecule has 0 radical (unpaired) electrons. The molecule has 6 nitrogen and oxygen atoms in total. The Bertz CT molecular complexity index is 967. The van der Waals surface area contributed by atoms with Crippen molar-refractivity contribution in [2.75, 3.05) is 13.1 Å². The Morgan fingerprint density at radius 1 is 1.00 bits per heavy atom. The first-order valence-corrected chi connectivity index (χ1v) is 9.96. The minimum Gasteiger partial charge on any atom is -0.467 e. The van der Waals surface area contributed by atoms with Gasteiger partial charge in [0.05, 0.1) is 30.6 Å². The average molecular weight is 394 g/mol. The lowest BCUT2D eigenvalue weighted by Gasteiger charge is -2.37. The van der Waals surface area contributed by atoms with E-state index in [1.165, 1.54) is 4.90 Å². The van der Waals surface area contributed by atoms with Crippen LogP contribution in [0.1, 0.15) is 36.3 Å². The van der Waals surface area contributed by atoms with Gasteiger partial charge in [-0.05, 0) is 56.5 Å². The molecule has 2 aliphatic rings. The lowest BCUT2D eigenvalue weighted by molar-refractivity contribution is -0.139. The molecular weight excluding hydrogens is 368 g/mol. The first kappa shape index (κ1) is 19.5. The number of carbonyl (C=O) groups is 2. The quantitative estimate of drug-likeness (QED) is 0.745. The molecule has 29 heavy (non-hydrogen) atoms. The van der Waals surface area contributed by atoms with Gasteiger partial charge in [0.15, 0.2) is 0 Å². The van der Waals surface area contributed by atoms with Crippen LogP contribution in [0.3, 0.4) is 0 Å². The van der Waals surface area contributed by atoms with E-state index in [0.29, 0.717) is 30.1 Å². The molecule has 0 bridgehead atoms. The number of ether oxygens (including phenoxy) is 1. The predicted octanol–water partition coefficient (Wildman–Crippen LogP) is 3.29. The van der Waals surface area contributed by atoms with Crippen LogP contribution in [0.5, 0.6) is 0 Å². The third kappa shape index (κ3) is 3.60. The molecule has 2 aromatic rings.